The van der Waals surface area contributed by atoms with Gasteiger partial charge in [0.05, 0.1) is 5.38 Å². The Kier molecular flexibility index (Phi) is 3.69. The molecular formula is C13H10ClF2N. The van der Waals surface area contributed by atoms with E-state index in [1.54, 1.807) is 24.5 Å². The summed E-state index contributed by atoms with van der Waals surface area (Å²) in [4.78, 5) is 3.86. The molecule has 0 aliphatic heterocycles. The van der Waals surface area contributed by atoms with Gasteiger partial charge in [0.1, 0.15) is 11.6 Å². The SMILES string of the molecule is Fc1cccc(F)c1CC(Cl)c1ccncc1. The summed E-state index contributed by atoms with van der Waals surface area (Å²) in [5.74, 6) is -1.13. The van der Waals surface area contributed by atoms with Crippen LogP contribution >= 0.6 is 11.6 Å². The first-order valence-corrected chi connectivity index (χ1v) is 5.59. The van der Waals surface area contributed by atoms with Crippen LogP contribution in [0.15, 0.2) is 42.7 Å². The number of aromatic nitrogens is 1. The van der Waals surface area contributed by atoms with E-state index in [1.165, 1.54) is 18.2 Å². The molecule has 88 valence electrons. The summed E-state index contributed by atoms with van der Waals surface area (Å²) in [6, 6.07) is 7.26. The Morgan fingerprint density at radius 2 is 1.65 bits per heavy atom. The molecule has 17 heavy (non-hydrogen) atoms. The van der Waals surface area contributed by atoms with Gasteiger partial charge in [-0.15, -0.1) is 11.6 Å². The monoisotopic (exact) mass is 253 g/mol. The van der Waals surface area contributed by atoms with Gasteiger partial charge >= 0.3 is 0 Å². The van der Waals surface area contributed by atoms with Crippen LogP contribution < -0.4 is 0 Å². The summed E-state index contributed by atoms with van der Waals surface area (Å²) < 4.78 is 26.8. The standard InChI is InChI=1S/C13H10ClF2N/c14-11(9-4-6-17-7-5-9)8-10-12(15)2-1-3-13(10)16/h1-7,11H,8H2. The van der Waals surface area contributed by atoms with Gasteiger partial charge in [-0.05, 0) is 36.2 Å². The first-order chi connectivity index (χ1) is 8.18. The topological polar surface area (TPSA) is 12.9 Å². The second-order valence-electron chi connectivity index (χ2n) is 3.65. The highest BCUT2D eigenvalue weighted by Gasteiger charge is 2.15. The second-order valence-corrected chi connectivity index (χ2v) is 4.18. The summed E-state index contributed by atoms with van der Waals surface area (Å²) >= 11 is 6.12. The molecule has 1 nitrogen and oxygen atoms in total. The van der Waals surface area contributed by atoms with E-state index in [0.717, 1.165) is 5.56 Å². The van der Waals surface area contributed by atoms with Crippen molar-refractivity contribution >= 4 is 11.6 Å². The minimum atomic E-state index is -0.565. The van der Waals surface area contributed by atoms with Crippen molar-refractivity contribution in [3.05, 3.63) is 65.5 Å². The van der Waals surface area contributed by atoms with E-state index in [9.17, 15) is 8.78 Å². The molecule has 2 aromatic rings. The van der Waals surface area contributed by atoms with Gasteiger partial charge in [0, 0.05) is 18.0 Å². The van der Waals surface area contributed by atoms with E-state index in [0.29, 0.717) is 0 Å². The Hall–Kier alpha value is -1.48. The molecule has 2 rings (SSSR count). The Morgan fingerprint density at radius 3 is 2.24 bits per heavy atom. The maximum atomic E-state index is 13.4. The quantitative estimate of drug-likeness (QED) is 0.757. The van der Waals surface area contributed by atoms with Gasteiger partial charge in [0.2, 0.25) is 0 Å². The van der Waals surface area contributed by atoms with E-state index in [4.69, 9.17) is 11.6 Å². The zero-order valence-corrected chi connectivity index (χ0v) is 9.66. The van der Waals surface area contributed by atoms with Crippen molar-refractivity contribution in [3.8, 4) is 0 Å². The van der Waals surface area contributed by atoms with Gasteiger partial charge in [-0.3, -0.25) is 4.98 Å². The Bertz CT molecular complexity index is 482. The highest BCUT2D eigenvalue weighted by atomic mass is 35.5. The minimum absolute atomic E-state index is 0.0179. The summed E-state index contributed by atoms with van der Waals surface area (Å²) in [6.07, 6.45) is 3.31. The molecule has 0 aliphatic carbocycles. The van der Waals surface area contributed by atoms with Crippen LogP contribution in [-0.2, 0) is 6.42 Å². The lowest BCUT2D eigenvalue weighted by atomic mass is 10.0. The highest BCUT2D eigenvalue weighted by Crippen LogP contribution is 2.26. The Labute approximate surface area is 103 Å². The van der Waals surface area contributed by atoms with Gasteiger partial charge in [-0.1, -0.05) is 6.07 Å². The fourth-order valence-electron chi connectivity index (χ4n) is 1.60. The molecule has 4 heteroatoms. The molecule has 1 heterocycles. The second kappa shape index (κ2) is 5.23. The molecule has 0 aliphatic rings. The zero-order valence-electron chi connectivity index (χ0n) is 8.91. The number of rotatable bonds is 3. The molecular weight excluding hydrogens is 244 g/mol. The van der Waals surface area contributed by atoms with Crippen LogP contribution in [0.3, 0.4) is 0 Å². The van der Waals surface area contributed by atoms with E-state index >= 15 is 0 Å². The van der Waals surface area contributed by atoms with Gasteiger partial charge in [0.15, 0.2) is 0 Å². The van der Waals surface area contributed by atoms with Crippen molar-refractivity contribution in [2.24, 2.45) is 0 Å². The predicted molar refractivity (Wildman–Crippen MR) is 62.9 cm³/mol. The fourth-order valence-corrected chi connectivity index (χ4v) is 1.90. The molecule has 0 fully saturated rings. The molecule has 1 atom stereocenters. The molecule has 0 saturated heterocycles. The van der Waals surface area contributed by atoms with Crippen molar-refractivity contribution in [2.45, 2.75) is 11.8 Å². The predicted octanol–water partition coefficient (Wildman–Crippen LogP) is 3.88. The largest absolute Gasteiger partial charge is 0.265 e. The van der Waals surface area contributed by atoms with Gasteiger partial charge in [0.25, 0.3) is 0 Å². The number of halogens is 3. The van der Waals surface area contributed by atoms with Crippen molar-refractivity contribution in [2.75, 3.05) is 0 Å². The molecule has 0 spiro atoms. The van der Waals surface area contributed by atoms with Crippen LogP contribution in [0.25, 0.3) is 0 Å². The number of alkyl halides is 1. The Morgan fingerprint density at radius 1 is 1.06 bits per heavy atom. The number of nitrogens with zero attached hydrogens (tertiary/aromatic N) is 1. The van der Waals surface area contributed by atoms with Gasteiger partial charge < -0.3 is 0 Å². The van der Waals surface area contributed by atoms with Crippen molar-refractivity contribution in [1.29, 1.82) is 0 Å². The average Bonchev–Trinajstić information content (AvgIpc) is 2.35. The average molecular weight is 254 g/mol. The first-order valence-electron chi connectivity index (χ1n) is 5.15. The third-order valence-electron chi connectivity index (χ3n) is 2.51. The molecule has 0 amide bonds. The molecule has 1 unspecified atom stereocenters. The first kappa shape index (κ1) is 12.0. The number of benzene rings is 1. The lowest BCUT2D eigenvalue weighted by molar-refractivity contribution is 0.553. The van der Waals surface area contributed by atoms with E-state index < -0.39 is 17.0 Å². The molecule has 0 radical (unpaired) electrons. The molecule has 1 aromatic heterocycles. The Balaban J connectivity index is 2.22. The lowest BCUT2D eigenvalue weighted by Gasteiger charge is -2.10. The summed E-state index contributed by atoms with van der Waals surface area (Å²) in [5.41, 5.74) is 0.814. The van der Waals surface area contributed by atoms with Gasteiger partial charge in [-0.2, -0.15) is 0 Å². The third kappa shape index (κ3) is 2.80. The molecule has 1 aromatic carbocycles. The van der Waals surface area contributed by atoms with Crippen LogP contribution in [-0.4, -0.2) is 4.98 Å². The lowest BCUT2D eigenvalue weighted by Crippen LogP contribution is -2.01. The van der Waals surface area contributed by atoms with Crippen molar-refractivity contribution < 1.29 is 8.78 Å². The highest BCUT2D eigenvalue weighted by molar-refractivity contribution is 6.20. The molecule has 0 N–H and O–H groups in total. The zero-order chi connectivity index (χ0) is 12.3. The van der Waals surface area contributed by atoms with Crippen molar-refractivity contribution in [1.82, 2.24) is 4.98 Å². The van der Waals surface area contributed by atoms with Crippen LogP contribution in [0.5, 0.6) is 0 Å². The van der Waals surface area contributed by atoms with Crippen molar-refractivity contribution in [3.63, 3.8) is 0 Å². The maximum Gasteiger partial charge on any atom is 0.129 e. The van der Waals surface area contributed by atoms with Crippen LogP contribution in [0.2, 0.25) is 0 Å². The fraction of sp³-hybridized carbons (Fsp3) is 0.154. The number of hydrogen-bond acceptors (Lipinski definition) is 1. The summed E-state index contributed by atoms with van der Waals surface area (Å²) in [7, 11) is 0. The smallest absolute Gasteiger partial charge is 0.129 e. The molecule has 0 saturated carbocycles. The summed E-state index contributed by atoms with van der Waals surface area (Å²) in [6.45, 7) is 0. The van der Waals surface area contributed by atoms with E-state index in [-0.39, 0.29) is 12.0 Å². The maximum absolute atomic E-state index is 13.4. The van der Waals surface area contributed by atoms with Crippen LogP contribution in [0.4, 0.5) is 8.78 Å². The number of pyridine rings is 1. The third-order valence-corrected chi connectivity index (χ3v) is 2.92. The molecule has 0 bridgehead atoms. The van der Waals surface area contributed by atoms with Crippen LogP contribution in [0.1, 0.15) is 16.5 Å². The van der Waals surface area contributed by atoms with Gasteiger partial charge in [-0.25, -0.2) is 8.78 Å². The summed E-state index contributed by atoms with van der Waals surface area (Å²) in [5, 5.41) is -0.468. The number of hydrogen-bond donors (Lipinski definition) is 0. The van der Waals surface area contributed by atoms with E-state index in [2.05, 4.69) is 4.98 Å². The normalized spacial score (nSPS) is 12.4. The minimum Gasteiger partial charge on any atom is -0.265 e. The van der Waals surface area contributed by atoms with Crippen LogP contribution in [0, 0.1) is 11.6 Å². The van der Waals surface area contributed by atoms with E-state index in [1.807, 2.05) is 0 Å².